The number of thiophene rings is 3. The summed E-state index contributed by atoms with van der Waals surface area (Å²) in [5.74, 6) is 1.72. The van der Waals surface area contributed by atoms with Crippen molar-refractivity contribution in [1.82, 2.24) is 0 Å². The Kier molecular flexibility index (Phi) is 3.18. The van der Waals surface area contributed by atoms with Crippen LogP contribution >= 0.6 is 45.8 Å². The first kappa shape index (κ1) is 17.0. The number of aryl methyl sites for hydroxylation is 2. The van der Waals surface area contributed by atoms with Crippen LogP contribution in [0.25, 0.3) is 50.4 Å². The molecule has 3 aromatic heterocycles. The molecule has 0 N–H and O–H groups in total. The maximum Gasteiger partial charge on any atom is 0.0397 e. The van der Waals surface area contributed by atoms with Crippen molar-refractivity contribution in [3.05, 3.63) is 51.9 Å². The van der Waals surface area contributed by atoms with Gasteiger partial charge in [0.25, 0.3) is 0 Å². The van der Waals surface area contributed by atoms with E-state index in [9.17, 15) is 0 Å². The van der Waals surface area contributed by atoms with Gasteiger partial charge >= 0.3 is 0 Å². The molecule has 1 aliphatic carbocycles. The molecule has 0 radical (unpaired) electrons. The van der Waals surface area contributed by atoms with Crippen LogP contribution < -0.4 is 0 Å². The molecule has 146 valence electrons. The SMILES string of the molecule is CCc1c(CC)c2sc3ccc4scc5c4c3c2c2c1sc1ccc3c(c12)C5CS3. The molecule has 1 atom stereocenters. The highest BCUT2D eigenvalue weighted by Gasteiger charge is 2.34. The van der Waals surface area contributed by atoms with Gasteiger partial charge in [0.1, 0.15) is 0 Å². The molecule has 4 heterocycles. The zero-order valence-corrected chi connectivity index (χ0v) is 20.0. The first-order valence-electron chi connectivity index (χ1n) is 10.7. The molecular formula is C26H18S4. The van der Waals surface area contributed by atoms with Crippen LogP contribution in [0.1, 0.15) is 42.0 Å². The Hall–Kier alpha value is -1.59. The van der Waals surface area contributed by atoms with Gasteiger partial charge in [-0.2, -0.15) is 0 Å². The van der Waals surface area contributed by atoms with Crippen molar-refractivity contribution in [1.29, 1.82) is 0 Å². The van der Waals surface area contributed by atoms with Crippen LogP contribution in [-0.2, 0) is 12.8 Å². The van der Waals surface area contributed by atoms with E-state index in [0.717, 1.165) is 12.8 Å². The Bertz CT molecular complexity index is 1720. The number of benzene rings is 3. The summed E-state index contributed by atoms with van der Waals surface area (Å²) >= 11 is 8.12. The summed E-state index contributed by atoms with van der Waals surface area (Å²) in [5, 5.41) is 10.3. The minimum absolute atomic E-state index is 0.532. The van der Waals surface area contributed by atoms with E-state index in [1.54, 1.807) is 58.6 Å². The lowest BCUT2D eigenvalue weighted by Gasteiger charge is -2.17. The van der Waals surface area contributed by atoms with Gasteiger partial charge in [0.05, 0.1) is 0 Å². The molecule has 0 nitrogen and oxygen atoms in total. The van der Waals surface area contributed by atoms with Gasteiger partial charge in [0.15, 0.2) is 0 Å². The Morgan fingerprint density at radius 2 is 1.43 bits per heavy atom. The molecule has 6 aromatic rings. The molecule has 3 aromatic carbocycles. The average Bonchev–Trinajstić information content (AvgIpc) is 3.50. The summed E-state index contributed by atoms with van der Waals surface area (Å²) in [5.41, 5.74) is 6.42. The Morgan fingerprint density at radius 3 is 2.20 bits per heavy atom. The van der Waals surface area contributed by atoms with E-state index in [4.69, 9.17) is 0 Å². The van der Waals surface area contributed by atoms with E-state index < -0.39 is 0 Å². The fourth-order valence-corrected chi connectivity index (χ4v) is 11.1. The van der Waals surface area contributed by atoms with Gasteiger partial charge in [-0.15, -0.1) is 45.8 Å². The minimum atomic E-state index is 0.532. The molecule has 0 saturated carbocycles. The predicted octanol–water partition coefficient (Wildman–Crippen LogP) is 9.31. The smallest absolute Gasteiger partial charge is 0.0397 e. The van der Waals surface area contributed by atoms with E-state index in [0.29, 0.717) is 5.92 Å². The lowest BCUT2D eigenvalue weighted by molar-refractivity contribution is 0.969. The second-order valence-electron chi connectivity index (χ2n) is 8.49. The van der Waals surface area contributed by atoms with Gasteiger partial charge in [0.2, 0.25) is 0 Å². The van der Waals surface area contributed by atoms with E-state index in [-0.39, 0.29) is 0 Å². The first-order chi connectivity index (χ1) is 14.8. The summed E-state index contributed by atoms with van der Waals surface area (Å²) < 4.78 is 7.56. The standard InChI is InChI=1S/C26H18S4/c1-3-11-12(4-2)26-24-22-18(30-26)8-6-16-20(22)14(10-28-16)13-9-27-15-5-7-17-21(19(13)15)23(24)25(11)29-17/h5-9,14H,3-4,10H2,1-2H3. The number of hydrogen-bond acceptors (Lipinski definition) is 4. The molecule has 0 amide bonds. The van der Waals surface area contributed by atoms with Crippen molar-refractivity contribution in [2.24, 2.45) is 0 Å². The van der Waals surface area contributed by atoms with E-state index in [1.807, 2.05) is 22.7 Å². The Morgan fingerprint density at radius 1 is 0.767 bits per heavy atom. The highest BCUT2D eigenvalue weighted by molar-refractivity contribution is 7.99. The van der Waals surface area contributed by atoms with Gasteiger partial charge in [0, 0.05) is 67.0 Å². The third-order valence-electron chi connectivity index (χ3n) is 7.27. The fraction of sp³-hybridized carbons (Fsp3) is 0.231. The Balaban J connectivity index is 1.84. The van der Waals surface area contributed by atoms with E-state index in [1.165, 1.54) is 24.7 Å². The monoisotopic (exact) mass is 458 g/mol. The van der Waals surface area contributed by atoms with Gasteiger partial charge in [-0.3, -0.25) is 0 Å². The molecule has 0 spiro atoms. The molecular weight excluding hydrogens is 441 g/mol. The molecule has 0 bridgehead atoms. The largest absolute Gasteiger partial charge is 0.143 e. The molecule has 8 rings (SSSR count). The molecule has 0 saturated heterocycles. The van der Waals surface area contributed by atoms with Crippen molar-refractivity contribution in [3.63, 3.8) is 0 Å². The summed E-state index contributed by atoms with van der Waals surface area (Å²) in [4.78, 5) is 1.52. The summed E-state index contributed by atoms with van der Waals surface area (Å²) in [6, 6.07) is 9.59. The second-order valence-corrected chi connectivity index (χ2v) is 12.6. The average molecular weight is 459 g/mol. The highest BCUT2D eigenvalue weighted by Crippen LogP contribution is 2.58. The summed E-state index contributed by atoms with van der Waals surface area (Å²) in [7, 11) is 0. The first-order valence-corrected chi connectivity index (χ1v) is 14.2. The normalized spacial score (nSPS) is 17.3. The van der Waals surface area contributed by atoms with E-state index in [2.05, 4.69) is 66.6 Å². The number of hydrogen-bond donors (Lipinski definition) is 0. The van der Waals surface area contributed by atoms with Crippen molar-refractivity contribution in [2.75, 3.05) is 5.75 Å². The van der Waals surface area contributed by atoms with Crippen molar-refractivity contribution >= 4 is 96.2 Å². The van der Waals surface area contributed by atoms with Gasteiger partial charge < -0.3 is 0 Å². The van der Waals surface area contributed by atoms with Crippen molar-refractivity contribution in [3.8, 4) is 0 Å². The van der Waals surface area contributed by atoms with E-state index >= 15 is 0 Å². The third kappa shape index (κ3) is 1.76. The van der Waals surface area contributed by atoms with Crippen molar-refractivity contribution in [2.45, 2.75) is 37.5 Å². The van der Waals surface area contributed by atoms with Crippen LogP contribution in [0.2, 0.25) is 0 Å². The van der Waals surface area contributed by atoms with Gasteiger partial charge in [-0.05, 0) is 64.7 Å². The van der Waals surface area contributed by atoms with Crippen LogP contribution in [0.4, 0.5) is 0 Å². The maximum atomic E-state index is 2.47. The minimum Gasteiger partial charge on any atom is -0.143 e. The number of fused-ring (bicyclic) bond motifs is 1. The lowest BCUT2D eigenvalue weighted by atomic mass is 9.84. The molecule has 0 fully saturated rings. The topological polar surface area (TPSA) is 0 Å². The fourth-order valence-electron chi connectivity index (χ4n) is 6.09. The van der Waals surface area contributed by atoms with Gasteiger partial charge in [-0.25, -0.2) is 0 Å². The third-order valence-corrected chi connectivity index (χ3v) is 11.8. The summed E-state index contributed by atoms with van der Waals surface area (Å²) in [6.07, 6.45) is 2.24. The predicted molar refractivity (Wildman–Crippen MR) is 139 cm³/mol. The van der Waals surface area contributed by atoms with Crippen LogP contribution in [0.5, 0.6) is 0 Å². The van der Waals surface area contributed by atoms with Crippen LogP contribution in [0, 0.1) is 0 Å². The molecule has 4 heteroatoms. The zero-order valence-electron chi connectivity index (χ0n) is 16.7. The molecule has 30 heavy (non-hydrogen) atoms. The lowest BCUT2D eigenvalue weighted by Crippen LogP contribution is -2.01. The zero-order chi connectivity index (χ0) is 19.7. The van der Waals surface area contributed by atoms with Crippen LogP contribution in [0.3, 0.4) is 0 Å². The molecule has 1 unspecified atom stereocenters. The Labute approximate surface area is 190 Å². The van der Waals surface area contributed by atoms with Crippen LogP contribution in [-0.4, -0.2) is 5.75 Å². The summed E-state index contributed by atoms with van der Waals surface area (Å²) in [6.45, 7) is 4.70. The second kappa shape index (κ2) is 5.60. The number of rotatable bonds is 2. The molecule has 2 aliphatic rings. The van der Waals surface area contributed by atoms with Gasteiger partial charge in [-0.1, -0.05) is 13.8 Å². The highest BCUT2D eigenvalue weighted by atomic mass is 32.2. The van der Waals surface area contributed by atoms with Crippen LogP contribution in [0.15, 0.2) is 34.5 Å². The quantitative estimate of drug-likeness (QED) is 0.249. The maximum absolute atomic E-state index is 2.47. The van der Waals surface area contributed by atoms with Crippen molar-refractivity contribution < 1.29 is 0 Å². The molecule has 1 aliphatic heterocycles. The number of thioether (sulfide) groups is 1.